The Bertz CT molecular complexity index is 1170. The molecule has 1 aromatic rings. The molecular weight excluding hydrogens is 588 g/mol. The maximum Gasteiger partial charge on any atom is 0.449 e. The van der Waals surface area contributed by atoms with E-state index in [2.05, 4.69) is 15.4 Å². The van der Waals surface area contributed by atoms with Crippen molar-refractivity contribution >= 4 is 51.4 Å². The number of amidine groups is 2. The summed E-state index contributed by atoms with van der Waals surface area (Å²) in [5.41, 5.74) is -2.26. The molecule has 18 heteroatoms. The van der Waals surface area contributed by atoms with Crippen molar-refractivity contribution in [2.45, 2.75) is 43.8 Å². The van der Waals surface area contributed by atoms with Crippen molar-refractivity contribution in [3.63, 3.8) is 0 Å². The van der Waals surface area contributed by atoms with Gasteiger partial charge < -0.3 is 5.32 Å². The summed E-state index contributed by atoms with van der Waals surface area (Å²) < 4.78 is 133. The molecule has 0 bridgehead atoms. The lowest BCUT2D eigenvalue weighted by Gasteiger charge is -2.25. The third kappa shape index (κ3) is 6.34. The van der Waals surface area contributed by atoms with Gasteiger partial charge in [-0.15, -0.1) is 0 Å². The molecule has 0 radical (unpaired) electrons. The summed E-state index contributed by atoms with van der Waals surface area (Å²) in [5, 5.41) is 0.172. The van der Waals surface area contributed by atoms with Crippen LogP contribution in [0.1, 0.15) is 19.4 Å². The van der Waals surface area contributed by atoms with Crippen LogP contribution < -0.4 is 15.8 Å². The maximum absolute atomic E-state index is 13.9. The summed E-state index contributed by atoms with van der Waals surface area (Å²) in [4.78, 5) is 7.25. The normalized spacial score (nSPS) is 20.9. The lowest BCUT2D eigenvalue weighted by molar-refractivity contribution is -0.137. The van der Waals surface area contributed by atoms with Crippen molar-refractivity contribution < 1.29 is 43.7 Å². The second kappa shape index (κ2) is 10.3. The molecule has 2 N–H and O–H groups in total. The number of nitrogens with one attached hydrogen (secondary N) is 2. The molecule has 1 fully saturated rings. The average molecular weight is 604 g/mol. The fraction of sp³-hybridized carbons (Fsp3) is 0.474. The monoisotopic (exact) mass is 603 g/mol. The summed E-state index contributed by atoms with van der Waals surface area (Å²) in [6, 6.07) is 0.888. The van der Waals surface area contributed by atoms with Gasteiger partial charge in [0.15, 0.2) is 5.84 Å². The molecule has 206 valence electrons. The molecule has 2 atom stereocenters. The van der Waals surface area contributed by atoms with Crippen LogP contribution in [0.25, 0.3) is 0 Å². The Morgan fingerprint density at radius 2 is 1.59 bits per heavy atom. The second-order valence-electron chi connectivity index (χ2n) is 7.88. The predicted molar refractivity (Wildman–Crippen MR) is 121 cm³/mol. The average Bonchev–Trinajstić information content (AvgIpc) is 3.08. The van der Waals surface area contributed by atoms with Crippen LogP contribution in [-0.2, 0) is 17.0 Å². The minimum atomic E-state index is -5.35. The SMILES string of the molecule is CC(C)S(=O)CCN=C1C2=C(C(F)(F)F)NC(C(F)(F)F)=NC2NN1c1c(Cl)cc(C(F)(F)F)cc1Cl. The number of hydrogen-bond acceptors (Lipinski definition) is 5. The van der Waals surface area contributed by atoms with Gasteiger partial charge >= 0.3 is 18.5 Å². The Morgan fingerprint density at radius 1 is 1.03 bits per heavy atom. The van der Waals surface area contributed by atoms with Crippen molar-refractivity contribution in [3.05, 3.63) is 39.0 Å². The summed E-state index contributed by atoms with van der Waals surface area (Å²) in [6.07, 6.45) is -17.5. The molecule has 37 heavy (non-hydrogen) atoms. The molecule has 0 amide bonds. The van der Waals surface area contributed by atoms with Crippen LogP contribution in [0, 0.1) is 0 Å². The highest BCUT2D eigenvalue weighted by Crippen LogP contribution is 2.43. The summed E-state index contributed by atoms with van der Waals surface area (Å²) in [6.45, 7) is 2.88. The lowest BCUT2D eigenvalue weighted by Crippen LogP contribution is -2.47. The van der Waals surface area contributed by atoms with E-state index in [1.165, 1.54) is 5.32 Å². The Labute approximate surface area is 216 Å². The van der Waals surface area contributed by atoms with Crippen LogP contribution in [0.3, 0.4) is 0 Å². The van der Waals surface area contributed by atoms with E-state index in [4.69, 9.17) is 23.2 Å². The summed E-state index contributed by atoms with van der Waals surface area (Å²) >= 11 is 12.0. The van der Waals surface area contributed by atoms with E-state index in [0.717, 1.165) is 0 Å². The van der Waals surface area contributed by atoms with Crippen molar-refractivity contribution in [1.29, 1.82) is 0 Å². The Kier molecular flexibility index (Phi) is 8.19. The molecule has 2 heterocycles. The topological polar surface area (TPSA) is 69.1 Å². The van der Waals surface area contributed by atoms with Gasteiger partial charge in [-0.1, -0.05) is 37.0 Å². The fourth-order valence-corrected chi connectivity index (χ4v) is 4.69. The first kappa shape index (κ1) is 29.5. The highest BCUT2D eigenvalue weighted by Gasteiger charge is 2.52. The molecular formula is C19H16Cl2F9N5OS. The number of alkyl halides is 9. The number of nitrogens with zero attached hydrogens (tertiary/aromatic N) is 3. The Morgan fingerprint density at radius 3 is 2.05 bits per heavy atom. The van der Waals surface area contributed by atoms with E-state index in [0.29, 0.717) is 17.1 Å². The van der Waals surface area contributed by atoms with Crippen LogP contribution in [0.2, 0.25) is 10.0 Å². The van der Waals surface area contributed by atoms with E-state index in [-0.39, 0.29) is 17.5 Å². The molecule has 0 aliphatic carbocycles. The Hall–Kier alpha value is -2.04. The fourth-order valence-electron chi connectivity index (χ4n) is 3.29. The van der Waals surface area contributed by atoms with Gasteiger partial charge in [0.1, 0.15) is 11.9 Å². The lowest BCUT2D eigenvalue weighted by atomic mass is 10.1. The predicted octanol–water partition coefficient (Wildman–Crippen LogP) is 5.60. The minimum Gasteiger partial charge on any atom is -0.332 e. The molecule has 0 saturated carbocycles. The smallest absolute Gasteiger partial charge is 0.332 e. The molecule has 1 saturated heterocycles. The van der Waals surface area contributed by atoms with Crippen molar-refractivity contribution in [1.82, 2.24) is 10.7 Å². The molecule has 1 aromatic carbocycles. The van der Waals surface area contributed by atoms with Gasteiger partial charge in [-0.2, -0.15) is 44.9 Å². The second-order valence-corrected chi connectivity index (χ2v) is 10.8. The maximum atomic E-state index is 13.9. The van der Waals surface area contributed by atoms with E-state index < -0.39 is 79.7 Å². The van der Waals surface area contributed by atoms with Gasteiger partial charge in [0, 0.05) is 21.8 Å². The number of rotatable bonds is 5. The third-order valence-corrected chi connectivity index (χ3v) is 7.16. The zero-order valence-corrected chi connectivity index (χ0v) is 20.9. The molecule has 2 unspecified atom stereocenters. The van der Waals surface area contributed by atoms with Gasteiger partial charge in [-0.3, -0.25) is 14.2 Å². The van der Waals surface area contributed by atoms with E-state index >= 15 is 0 Å². The first-order valence-electron chi connectivity index (χ1n) is 10.1. The van der Waals surface area contributed by atoms with Gasteiger partial charge in [0.2, 0.25) is 5.84 Å². The molecule has 2 aliphatic heterocycles. The standard InChI is InChI=1S/C19H16Cl2F9N5OS/c1-7(2)37(36)4-3-31-15-11-13(18(25,26)27)32-16(19(28,29)30)33-14(11)34-35(15)12-9(20)5-8(6-10(12)21)17(22,23)24/h5-7,14,34H,3-4H2,1-2H3,(H,32,33). The number of allylic oxidation sites excluding steroid dienone is 1. The van der Waals surface area contributed by atoms with Crippen LogP contribution in [-0.4, -0.2) is 51.9 Å². The number of halogens is 11. The molecule has 0 spiro atoms. The Balaban J connectivity index is 2.21. The van der Waals surface area contributed by atoms with E-state index in [1.807, 2.05) is 0 Å². The summed E-state index contributed by atoms with van der Waals surface area (Å²) in [7, 11) is -1.46. The number of aliphatic imine (C=N–C) groups is 2. The zero-order chi connectivity index (χ0) is 28.1. The van der Waals surface area contributed by atoms with Crippen LogP contribution in [0.15, 0.2) is 33.4 Å². The number of fused-ring (bicyclic) bond motifs is 1. The third-order valence-electron chi connectivity index (χ3n) is 4.95. The number of hydrogen-bond donors (Lipinski definition) is 2. The van der Waals surface area contributed by atoms with Crippen LogP contribution in [0.4, 0.5) is 45.2 Å². The van der Waals surface area contributed by atoms with Crippen LogP contribution >= 0.6 is 23.2 Å². The molecule has 2 aliphatic rings. The number of anilines is 1. The number of benzene rings is 1. The molecule has 6 nitrogen and oxygen atoms in total. The van der Waals surface area contributed by atoms with Crippen LogP contribution in [0.5, 0.6) is 0 Å². The van der Waals surface area contributed by atoms with Crippen molar-refractivity contribution in [2.24, 2.45) is 9.98 Å². The van der Waals surface area contributed by atoms with Gasteiger partial charge in [0.25, 0.3) is 0 Å². The number of hydrazine groups is 1. The zero-order valence-electron chi connectivity index (χ0n) is 18.5. The van der Waals surface area contributed by atoms with Crippen molar-refractivity contribution in [2.75, 3.05) is 17.3 Å². The summed E-state index contributed by atoms with van der Waals surface area (Å²) in [5.74, 6) is -2.76. The first-order valence-corrected chi connectivity index (χ1v) is 12.2. The first-order chi connectivity index (χ1) is 16.8. The van der Waals surface area contributed by atoms with E-state index in [1.54, 1.807) is 13.8 Å². The van der Waals surface area contributed by atoms with Crippen molar-refractivity contribution in [3.8, 4) is 0 Å². The van der Waals surface area contributed by atoms with Gasteiger partial charge in [-0.05, 0) is 12.1 Å². The van der Waals surface area contributed by atoms with Gasteiger partial charge in [0.05, 0.1) is 33.4 Å². The highest BCUT2D eigenvalue weighted by atomic mass is 35.5. The highest BCUT2D eigenvalue weighted by molar-refractivity contribution is 7.85. The minimum absolute atomic E-state index is 0.132. The molecule has 0 aromatic heterocycles. The molecule has 3 rings (SSSR count). The largest absolute Gasteiger partial charge is 0.449 e. The van der Waals surface area contributed by atoms with Gasteiger partial charge in [-0.25, -0.2) is 4.99 Å². The quantitative estimate of drug-likeness (QED) is 0.430. The van der Waals surface area contributed by atoms with E-state index in [9.17, 15) is 43.7 Å².